The molecule has 1 saturated heterocycles. The van der Waals surface area contributed by atoms with Gasteiger partial charge in [0.25, 0.3) is 5.91 Å². The van der Waals surface area contributed by atoms with Crippen LogP contribution in [0.15, 0.2) is 53.7 Å². The van der Waals surface area contributed by atoms with E-state index in [-0.39, 0.29) is 17.6 Å². The highest BCUT2D eigenvalue weighted by molar-refractivity contribution is 8.00. The molecule has 1 aromatic heterocycles. The smallest absolute Gasteiger partial charge is 0.279 e. The molecular weight excluding hydrogens is 367 g/mol. The average molecular weight is 389 g/mol. The van der Waals surface area contributed by atoms with Gasteiger partial charge in [-0.3, -0.25) is 14.6 Å². The van der Waals surface area contributed by atoms with E-state index in [4.69, 9.17) is 0 Å². The molecule has 2 amide bonds. The molecule has 0 bridgehead atoms. The van der Waals surface area contributed by atoms with Gasteiger partial charge in [0.05, 0.1) is 31.9 Å². The van der Waals surface area contributed by atoms with E-state index in [1.54, 1.807) is 24.5 Å². The number of rotatable bonds is 6. The molecule has 2 N–H and O–H groups in total. The first-order valence-corrected chi connectivity index (χ1v) is 9.78. The van der Waals surface area contributed by atoms with Gasteiger partial charge in [0.15, 0.2) is 6.54 Å². The number of piperazine rings is 1. The molecule has 8 heteroatoms. The second-order valence-corrected chi connectivity index (χ2v) is 7.39. The molecule has 0 unspecified atom stereocenters. The third-order valence-corrected chi connectivity index (χ3v) is 5.35. The fourth-order valence-corrected chi connectivity index (χ4v) is 3.71. The van der Waals surface area contributed by atoms with Crippen molar-refractivity contribution in [2.75, 3.05) is 43.8 Å². The van der Waals surface area contributed by atoms with Crippen LogP contribution >= 0.6 is 11.8 Å². The zero-order valence-corrected chi connectivity index (χ0v) is 15.7. The predicted molar refractivity (Wildman–Crippen MR) is 102 cm³/mol. The molecule has 6 nitrogen and oxygen atoms in total. The molecule has 3 rings (SSSR count). The van der Waals surface area contributed by atoms with Crippen LogP contribution in [0.25, 0.3) is 0 Å². The number of benzene rings is 1. The average Bonchev–Trinajstić information content (AvgIpc) is 2.67. The molecule has 1 aliphatic rings. The van der Waals surface area contributed by atoms with Crippen LogP contribution in [0.4, 0.5) is 10.1 Å². The maximum Gasteiger partial charge on any atom is 0.279 e. The van der Waals surface area contributed by atoms with E-state index in [0.717, 1.165) is 22.9 Å². The number of anilines is 1. The topological polar surface area (TPSA) is 66.7 Å². The van der Waals surface area contributed by atoms with Gasteiger partial charge in [0.1, 0.15) is 5.82 Å². The molecule has 0 aliphatic carbocycles. The molecule has 2 aromatic rings. The number of pyridine rings is 1. The normalized spacial score (nSPS) is 14.8. The fourth-order valence-electron chi connectivity index (χ4n) is 2.92. The first-order chi connectivity index (χ1) is 13.1. The third-order valence-electron chi connectivity index (χ3n) is 4.35. The Bertz CT molecular complexity index is 782. The monoisotopic (exact) mass is 389 g/mol. The molecule has 1 aromatic carbocycles. The molecule has 0 spiro atoms. The maximum absolute atomic E-state index is 13.2. The Labute approximate surface area is 161 Å². The molecule has 0 atom stereocenters. The van der Waals surface area contributed by atoms with Crippen LogP contribution in [-0.2, 0) is 9.59 Å². The summed E-state index contributed by atoms with van der Waals surface area (Å²) in [5, 5.41) is 2.71. The van der Waals surface area contributed by atoms with Gasteiger partial charge >= 0.3 is 0 Å². The second-order valence-electron chi connectivity index (χ2n) is 6.34. The van der Waals surface area contributed by atoms with E-state index in [9.17, 15) is 14.0 Å². The Balaban J connectivity index is 1.39. The highest BCUT2D eigenvalue weighted by Gasteiger charge is 2.25. The van der Waals surface area contributed by atoms with Gasteiger partial charge in [-0.15, -0.1) is 11.8 Å². The summed E-state index contributed by atoms with van der Waals surface area (Å²) in [6.07, 6.45) is 3.42. The molecule has 2 heterocycles. The van der Waals surface area contributed by atoms with E-state index >= 15 is 0 Å². The number of carbonyl (C=O) groups excluding carboxylic acids is 2. The summed E-state index contributed by atoms with van der Waals surface area (Å²) in [7, 11) is 0. The molecular formula is C19H22FN4O2S+. The Morgan fingerprint density at radius 1 is 1.19 bits per heavy atom. The summed E-state index contributed by atoms with van der Waals surface area (Å²) >= 11 is 1.50. The molecule has 27 heavy (non-hydrogen) atoms. The van der Waals surface area contributed by atoms with Gasteiger partial charge in [-0.25, -0.2) is 4.39 Å². The number of aromatic nitrogens is 1. The van der Waals surface area contributed by atoms with Crippen molar-refractivity contribution < 1.29 is 18.9 Å². The maximum atomic E-state index is 13.2. The van der Waals surface area contributed by atoms with Gasteiger partial charge in [0.2, 0.25) is 5.91 Å². The number of hydrogen-bond acceptors (Lipinski definition) is 4. The molecule has 0 radical (unpaired) electrons. The van der Waals surface area contributed by atoms with Crippen LogP contribution in [0, 0.1) is 5.82 Å². The van der Waals surface area contributed by atoms with E-state index in [1.165, 1.54) is 23.9 Å². The van der Waals surface area contributed by atoms with Crippen LogP contribution < -0.4 is 10.2 Å². The van der Waals surface area contributed by atoms with Crippen molar-refractivity contribution in [2.24, 2.45) is 0 Å². The van der Waals surface area contributed by atoms with Crippen molar-refractivity contribution in [3.05, 3.63) is 54.6 Å². The van der Waals surface area contributed by atoms with Crippen LogP contribution in [0.3, 0.4) is 0 Å². The fraction of sp³-hybridized carbons (Fsp3) is 0.316. The highest BCUT2D eigenvalue weighted by Crippen LogP contribution is 2.16. The number of hydrogen-bond donors (Lipinski definition) is 2. The van der Waals surface area contributed by atoms with Gasteiger partial charge in [-0.05, 0) is 30.3 Å². The Morgan fingerprint density at radius 3 is 2.63 bits per heavy atom. The number of halogens is 1. The lowest BCUT2D eigenvalue weighted by Crippen LogP contribution is -3.15. The predicted octanol–water partition coefficient (Wildman–Crippen LogP) is 0.679. The lowest BCUT2D eigenvalue weighted by Gasteiger charge is -2.31. The third kappa shape index (κ3) is 6.04. The minimum atomic E-state index is -0.378. The van der Waals surface area contributed by atoms with E-state index in [0.29, 0.717) is 31.1 Å². The van der Waals surface area contributed by atoms with Gasteiger partial charge in [-0.2, -0.15) is 0 Å². The number of nitrogens with one attached hydrogen (secondary N) is 2. The summed E-state index contributed by atoms with van der Waals surface area (Å²) < 4.78 is 13.2. The zero-order chi connectivity index (χ0) is 19.1. The minimum absolute atomic E-state index is 0.111. The number of quaternary nitrogens is 1. The second kappa shape index (κ2) is 9.48. The molecule has 142 valence electrons. The number of carbonyl (C=O) groups is 2. The quantitative estimate of drug-likeness (QED) is 0.713. The Hall–Kier alpha value is -2.45. The summed E-state index contributed by atoms with van der Waals surface area (Å²) in [4.78, 5) is 32.4. The number of amides is 2. The van der Waals surface area contributed by atoms with Crippen molar-refractivity contribution in [3.63, 3.8) is 0 Å². The summed E-state index contributed by atoms with van der Waals surface area (Å²) in [5.74, 6) is -0.0139. The Morgan fingerprint density at radius 2 is 1.93 bits per heavy atom. The minimum Gasteiger partial charge on any atom is -0.331 e. The summed E-state index contributed by atoms with van der Waals surface area (Å²) in [6.45, 7) is 3.03. The van der Waals surface area contributed by atoms with Gasteiger partial charge in [-0.1, -0.05) is 6.07 Å². The van der Waals surface area contributed by atoms with E-state index in [2.05, 4.69) is 10.3 Å². The lowest BCUT2D eigenvalue weighted by molar-refractivity contribution is -0.895. The first-order valence-electron chi connectivity index (χ1n) is 8.80. The molecule has 0 saturated carbocycles. The lowest BCUT2D eigenvalue weighted by atomic mass is 10.3. The van der Waals surface area contributed by atoms with E-state index < -0.39 is 0 Å². The van der Waals surface area contributed by atoms with Crippen LogP contribution in [0.2, 0.25) is 0 Å². The van der Waals surface area contributed by atoms with Crippen molar-refractivity contribution in [1.29, 1.82) is 0 Å². The van der Waals surface area contributed by atoms with Crippen LogP contribution in [0.1, 0.15) is 0 Å². The zero-order valence-electron chi connectivity index (χ0n) is 14.9. The Kier molecular flexibility index (Phi) is 6.78. The first kappa shape index (κ1) is 19.3. The number of nitrogens with zero attached hydrogens (tertiary/aromatic N) is 2. The van der Waals surface area contributed by atoms with Crippen molar-refractivity contribution in [2.45, 2.75) is 4.90 Å². The molecule has 1 fully saturated rings. The van der Waals surface area contributed by atoms with Gasteiger partial charge < -0.3 is 15.1 Å². The SMILES string of the molecule is O=C(C[NH+]1CCN(C(=O)CSc2ccncc2)CC1)Nc1cccc(F)c1. The summed E-state index contributed by atoms with van der Waals surface area (Å²) in [6, 6.07) is 9.63. The molecule has 1 aliphatic heterocycles. The largest absolute Gasteiger partial charge is 0.331 e. The van der Waals surface area contributed by atoms with E-state index in [1.807, 2.05) is 17.0 Å². The van der Waals surface area contributed by atoms with Crippen LogP contribution in [-0.4, -0.2) is 60.2 Å². The summed E-state index contributed by atoms with van der Waals surface area (Å²) in [5.41, 5.74) is 0.460. The van der Waals surface area contributed by atoms with Crippen LogP contribution in [0.5, 0.6) is 0 Å². The number of thioether (sulfide) groups is 1. The standard InChI is InChI=1S/C19H21FN4O2S/c20-15-2-1-3-16(12-15)22-18(25)13-23-8-10-24(11-9-23)19(26)14-27-17-4-6-21-7-5-17/h1-7,12H,8-11,13-14H2,(H,22,25)/p+1. The van der Waals surface area contributed by atoms with Crippen molar-refractivity contribution in [1.82, 2.24) is 9.88 Å². The van der Waals surface area contributed by atoms with Crippen molar-refractivity contribution in [3.8, 4) is 0 Å². The van der Waals surface area contributed by atoms with Gasteiger partial charge in [0, 0.05) is 23.0 Å². The van der Waals surface area contributed by atoms with Crippen molar-refractivity contribution >= 4 is 29.3 Å². The highest BCUT2D eigenvalue weighted by atomic mass is 32.2.